The van der Waals surface area contributed by atoms with E-state index in [0.29, 0.717) is 28.8 Å². The number of amides is 2. The molecule has 2 amide bonds. The fourth-order valence-corrected chi connectivity index (χ4v) is 3.42. The second-order valence-electron chi connectivity index (χ2n) is 6.52. The van der Waals surface area contributed by atoms with E-state index in [0.717, 1.165) is 0 Å². The van der Waals surface area contributed by atoms with E-state index in [1.165, 1.54) is 23.8 Å². The lowest BCUT2D eigenvalue weighted by Crippen LogP contribution is -2.46. The van der Waals surface area contributed by atoms with Crippen molar-refractivity contribution in [3.63, 3.8) is 0 Å². The lowest BCUT2D eigenvalue weighted by atomic mass is 10.2. The topological polar surface area (TPSA) is 77.1 Å². The maximum absolute atomic E-state index is 12.7. The molecular weight excluding hydrogens is 344 g/mol. The smallest absolute Gasteiger partial charge is 0.411 e. The highest BCUT2D eigenvalue weighted by atomic mass is 32.2. The monoisotopic (exact) mass is 368 g/mol. The molecule has 1 aromatic carbocycles. The van der Waals surface area contributed by atoms with Gasteiger partial charge < -0.3 is 19.5 Å². The van der Waals surface area contributed by atoms with Gasteiger partial charge in [-0.2, -0.15) is 0 Å². The summed E-state index contributed by atoms with van der Waals surface area (Å²) < 4.78 is 15.8. The van der Waals surface area contributed by atoms with Crippen LogP contribution in [0.15, 0.2) is 18.2 Å². The molecule has 0 spiro atoms. The van der Waals surface area contributed by atoms with Crippen molar-refractivity contribution in [2.24, 2.45) is 0 Å². The number of methoxy groups -OCH3 is 2. The second kappa shape index (κ2) is 7.86. The van der Waals surface area contributed by atoms with Crippen molar-refractivity contribution in [3.8, 4) is 11.5 Å². The summed E-state index contributed by atoms with van der Waals surface area (Å²) in [5.74, 6) is 1.78. The third kappa shape index (κ3) is 4.94. The summed E-state index contributed by atoms with van der Waals surface area (Å²) in [6.45, 7) is 5.39. The van der Waals surface area contributed by atoms with Gasteiger partial charge in [0, 0.05) is 11.8 Å². The van der Waals surface area contributed by atoms with E-state index in [1.54, 1.807) is 46.1 Å². The van der Waals surface area contributed by atoms with Gasteiger partial charge in [0.05, 0.1) is 25.8 Å². The fraction of sp³-hybridized carbons (Fsp3) is 0.529. The number of carbonyl (C=O) groups excluding carboxylic acids is 2. The van der Waals surface area contributed by atoms with Gasteiger partial charge in [0.2, 0.25) is 5.91 Å². The Bertz CT molecular complexity index is 644. The number of rotatable bonds is 4. The number of nitrogens with one attached hydrogen (secondary N) is 1. The zero-order chi connectivity index (χ0) is 18.6. The van der Waals surface area contributed by atoms with Crippen molar-refractivity contribution in [2.45, 2.75) is 32.4 Å². The van der Waals surface area contributed by atoms with Crippen LogP contribution in [0.25, 0.3) is 0 Å². The number of nitrogens with zero attached hydrogens (tertiary/aromatic N) is 1. The van der Waals surface area contributed by atoms with Crippen LogP contribution in [0.1, 0.15) is 20.8 Å². The second-order valence-corrected chi connectivity index (χ2v) is 7.52. The molecule has 2 rings (SSSR count). The predicted molar refractivity (Wildman–Crippen MR) is 97.4 cm³/mol. The molecule has 1 atom stereocenters. The first kappa shape index (κ1) is 19.2. The molecule has 1 heterocycles. The first-order chi connectivity index (χ1) is 11.7. The van der Waals surface area contributed by atoms with Gasteiger partial charge in [-0.15, -0.1) is 11.8 Å². The molecule has 0 aliphatic carbocycles. The van der Waals surface area contributed by atoms with Crippen molar-refractivity contribution in [1.29, 1.82) is 0 Å². The molecule has 1 aliphatic rings. The van der Waals surface area contributed by atoms with Gasteiger partial charge in [0.1, 0.15) is 23.1 Å². The highest BCUT2D eigenvalue weighted by Gasteiger charge is 2.37. The quantitative estimate of drug-likeness (QED) is 0.880. The minimum Gasteiger partial charge on any atom is -0.497 e. The first-order valence-corrected chi connectivity index (χ1v) is 9.01. The number of thioether (sulfide) groups is 1. The summed E-state index contributed by atoms with van der Waals surface area (Å²) in [4.78, 5) is 26.4. The maximum Gasteiger partial charge on any atom is 0.411 e. The largest absolute Gasteiger partial charge is 0.497 e. The van der Waals surface area contributed by atoms with Crippen LogP contribution in [-0.4, -0.2) is 54.4 Å². The van der Waals surface area contributed by atoms with Crippen molar-refractivity contribution in [2.75, 3.05) is 31.2 Å². The molecule has 1 fully saturated rings. The van der Waals surface area contributed by atoms with Crippen molar-refractivity contribution in [1.82, 2.24) is 4.90 Å². The molecule has 0 saturated carbocycles. The van der Waals surface area contributed by atoms with Crippen molar-refractivity contribution >= 4 is 29.4 Å². The van der Waals surface area contributed by atoms with Crippen LogP contribution >= 0.6 is 11.8 Å². The van der Waals surface area contributed by atoms with Gasteiger partial charge in [-0.1, -0.05) is 0 Å². The summed E-state index contributed by atoms with van der Waals surface area (Å²) >= 11 is 1.51. The van der Waals surface area contributed by atoms with Gasteiger partial charge in [0.15, 0.2) is 0 Å². The molecule has 1 unspecified atom stereocenters. The number of carbonyl (C=O) groups is 2. The number of hydrogen-bond donors (Lipinski definition) is 1. The number of anilines is 1. The van der Waals surface area contributed by atoms with E-state index in [9.17, 15) is 9.59 Å². The van der Waals surface area contributed by atoms with Crippen LogP contribution in [0.3, 0.4) is 0 Å². The Labute approximate surface area is 152 Å². The SMILES string of the molecule is COc1ccc(NC(=O)C2CSCN2C(=O)OC(C)(C)C)c(OC)c1. The van der Waals surface area contributed by atoms with Crippen LogP contribution in [0.4, 0.5) is 10.5 Å². The molecule has 1 saturated heterocycles. The minimum absolute atomic E-state index is 0.278. The molecule has 138 valence electrons. The molecule has 1 N–H and O–H groups in total. The summed E-state index contributed by atoms with van der Waals surface area (Å²) in [7, 11) is 3.07. The highest BCUT2D eigenvalue weighted by molar-refractivity contribution is 7.99. The summed E-state index contributed by atoms with van der Waals surface area (Å²) in [6, 6.07) is 4.53. The Morgan fingerprint density at radius 2 is 1.96 bits per heavy atom. The van der Waals surface area contributed by atoms with Crippen LogP contribution in [0.5, 0.6) is 11.5 Å². The molecular formula is C17H24N2O5S. The standard InChI is InChI=1S/C17H24N2O5S/c1-17(2,3)24-16(21)19-10-25-9-13(19)15(20)18-12-7-6-11(22-4)8-14(12)23-5/h6-8,13H,9-10H2,1-5H3,(H,18,20). The molecule has 8 heteroatoms. The Morgan fingerprint density at radius 3 is 2.56 bits per heavy atom. The highest BCUT2D eigenvalue weighted by Crippen LogP contribution is 2.30. The van der Waals surface area contributed by atoms with Gasteiger partial charge in [0.25, 0.3) is 0 Å². The average molecular weight is 368 g/mol. The maximum atomic E-state index is 12.7. The molecule has 0 radical (unpaired) electrons. The Kier molecular flexibility index (Phi) is 6.05. The molecule has 0 aromatic heterocycles. The summed E-state index contributed by atoms with van der Waals surface area (Å²) in [5, 5.41) is 2.82. The van der Waals surface area contributed by atoms with E-state index in [4.69, 9.17) is 14.2 Å². The van der Waals surface area contributed by atoms with E-state index < -0.39 is 17.7 Å². The zero-order valence-electron chi connectivity index (χ0n) is 15.1. The predicted octanol–water partition coefficient (Wildman–Crippen LogP) is 2.95. The average Bonchev–Trinajstić information content (AvgIpc) is 3.03. The van der Waals surface area contributed by atoms with Gasteiger partial charge in [-0.05, 0) is 32.9 Å². The van der Waals surface area contributed by atoms with E-state index in [-0.39, 0.29) is 5.91 Å². The van der Waals surface area contributed by atoms with Gasteiger partial charge in [-0.25, -0.2) is 4.79 Å². The van der Waals surface area contributed by atoms with Gasteiger partial charge >= 0.3 is 6.09 Å². The van der Waals surface area contributed by atoms with Crippen molar-refractivity contribution < 1.29 is 23.8 Å². The Balaban J connectivity index is 2.10. The molecule has 7 nitrogen and oxygen atoms in total. The summed E-state index contributed by atoms with van der Waals surface area (Å²) in [6.07, 6.45) is -0.487. The molecule has 0 bridgehead atoms. The summed E-state index contributed by atoms with van der Waals surface area (Å²) in [5.41, 5.74) is -0.0840. The Hall–Kier alpha value is -2.09. The zero-order valence-corrected chi connectivity index (χ0v) is 15.9. The van der Waals surface area contributed by atoms with E-state index >= 15 is 0 Å². The Morgan fingerprint density at radius 1 is 1.24 bits per heavy atom. The minimum atomic E-state index is -0.607. The normalized spacial score (nSPS) is 17.2. The van der Waals surface area contributed by atoms with Crippen LogP contribution in [-0.2, 0) is 9.53 Å². The first-order valence-electron chi connectivity index (χ1n) is 7.85. The molecule has 1 aromatic rings. The fourth-order valence-electron chi connectivity index (χ4n) is 2.28. The lowest BCUT2D eigenvalue weighted by molar-refractivity contribution is -0.120. The molecule has 25 heavy (non-hydrogen) atoms. The molecule has 1 aliphatic heterocycles. The third-order valence-electron chi connectivity index (χ3n) is 3.48. The third-order valence-corrected chi connectivity index (χ3v) is 4.49. The number of ether oxygens (including phenoxy) is 3. The van der Waals surface area contributed by atoms with E-state index in [2.05, 4.69) is 5.32 Å². The van der Waals surface area contributed by atoms with Gasteiger partial charge in [-0.3, -0.25) is 9.69 Å². The van der Waals surface area contributed by atoms with Crippen LogP contribution < -0.4 is 14.8 Å². The van der Waals surface area contributed by atoms with Crippen LogP contribution in [0.2, 0.25) is 0 Å². The van der Waals surface area contributed by atoms with Crippen LogP contribution in [0, 0.1) is 0 Å². The van der Waals surface area contributed by atoms with Crippen molar-refractivity contribution in [3.05, 3.63) is 18.2 Å². The lowest BCUT2D eigenvalue weighted by Gasteiger charge is -2.27. The number of benzene rings is 1. The number of hydrogen-bond acceptors (Lipinski definition) is 6. The van der Waals surface area contributed by atoms with E-state index in [1.807, 2.05) is 0 Å².